The topological polar surface area (TPSA) is 31.9 Å². The largest absolute Gasteiger partial charge is 0.345 e. The molecule has 1 aromatic heterocycles. The highest BCUT2D eigenvalue weighted by Gasteiger charge is 2.02. The minimum Gasteiger partial charge on any atom is -0.345 e. The Morgan fingerprint density at radius 3 is 3.00 bits per heavy atom. The number of benzene rings is 1. The molecule has 1 heterocycles. The Labute approximate surface area is 77.4 Å². The third-order valence-corrected chi connectivity index (χ3v) is 2.02. The van der Waals surface area contributed by atoms with Crippen molar-refractivity contribution in [1.82, 2.24) is 14.9 Å². The van der Waals surface area contributed by atoms with Gasteiger partial charge in [0.2, 0.25) is 0 Å². The summed E-state index contributed by atoms with van der Waals surface area (Å²) in [6.45, 7) is 0.933. The van der Waals surface area contributed by atoms with Gasteiger partial charge in [0.05, 0.1) is 17.4 Å². The monoisotopic (exact) mass is 175 g/mol. The van der Waals surface area contributed by atoms with Crippen molar-refractivity contribution in [2.45, 2.75) is 6.54 Å². The van der Waals surface area contributed by atoms with Crippen molar-refractivity contribution in [1.29, 1.82) is 0 Å². The van der Waals surface area contributed by atoms with Crippen LogP contribution in [0.2, 0.25) is 0 Å². The van der Waals surface area contributed by atoms with E-state index >= 15 is 0 Å². The third kappa shape index (κ3) is 1.55. The van der Waals surface area contributed by atoms with Crippen LogP contribution in [0.3, 0.4) is 0 Å². The Morgan fingerprint density at radius 2 is 2.23 bits per heavy atom. The van der Waals surface area contributed by atoms with Crippen LogP contribution in [0.4, 0.5) is 0 Å². The standard InChI is InChI=1S/C10H13N3/c1-13(2)6-8-4-3-5-9-10(8)12-7-11-9/h3-5,7H,6H2,1-2H3,(H,11,12). The van der Waals surface area contributed by atoms with Gasteiger partial charge in [-0.25, -0.2) is 4.98 Å². The maximum absolute atomic E-state index is 4.29. The molecular weight excluding hydrogens is 162 g/mol. The molecule has 0 aliphatic rings. The summed E-state index contributed by atoms with van der Waals surface area (Å²) in [6.07, 6.45) is 1.74. The highest BCUT2D eigenvalue weighted by molar-refractivity contribution is 5.77. The predicted octanol–water partition coefficient (Wildman–Crippen LogP) is 1.62. The molecule has 0 amide bonds. The molecule has 0 saturated heterocycles. The first-order valence-corrected chi connectivity index (χ1v) is 4.33. The summed E-state index contributed by atoms with van der Waals surface area (Å²) in [5, 5.41) is 0. The van der Waals surface area contributed by atoms with Gasteiger partial charge in [0.15, 0.2) is 0 Å². The van der Waals surface area contributed by atoms with Gasteiger partial charge in [-0.05, 0) is 25.7 Å². The Balaban J connectivity index is 2.48. The molecule has 0 spiro atoms. The van der Waals surface area contributed by atoms with Crippen LogP contribution in [0.15, 0.2) is 24.5 Å². The SMILES string of the molecule is CN(C)Cc1cccc2[nH]cnc12. The average molecular weight is 175 g/mol. The lowest BCUT2D eigenvalue weighted by molar-refractivity contribution is 0.404. The molecule has 3 heteroatoms. The summed E-state index contributed by atoms with van der Waals surface area (Å²) in [4.78, 5) is 9.54. The van der Waals surface area contributed by atoms with Crippen LogP contribution in [0.25, 0.3) is 11.0 Å². The number of fused-ring (bicyclic) bond motifs is 1. The summed E-state index contributed by atoms with van der Waals surface area (Å²) in [5.74, 6) is 0. The van der Waals surface area contributed by atoms with E-state index in [1.54, 1.807) is 6.33 Å². The van der Waals surface area contributed by atoms with Crippen molar-refractivity contribution < 1.29 is 0 Å². The summed E-state index contributed by atoms with van der Waals surface area (Å²) >= 11 is 0. The van der Waals surface area contributed by atoms with Crippen LogP contribution in [0, 0.1) is 0 Å². The molecule has 0 unspecified atom stereocenters. The Hall–Kier alpha value is -1.35. The minimum atomic E-state index is 0.933. The van der Waals surface area contributed by atoms with Gasteiger partial charge in [0, 0.05) is 6.54 Å². The van der Waals surface area contributed by atoms with E-state index in [1.807, 2.05) is 6.07 Å². The molecule has 2 rings (SSSR count). The lowest BCUT2D eigenvalue weighted by atomic mass is 10.2. The fourth-order valence-corrected chi connectivity index (χ4v) is 1.49. The van der Waals surface area contributed by atoms with Gasteiger partial charge in [0.25, 0.3) is 0 Å². The van der Waals surface area contributed by atoms with E-state index < -0.39 is 0 Å². The maximum atomic E-state index is 4.29. The van der Waals surface area contributed by atoms with Gasteiger partial charge < -0.3 is 9.88 Å². The molecule has 1 aromatic carbocycles. The number of nitrogens with zero attached hydrogens (tertiary/aromatic N) is 2. The van der Waals surface area contributed by atoms with Crippen molar-refractivity contribution in [3.63, 3.8) is 0 Å². The summed E-state index contributed by atoms with van der Waals surface area (Å²) in [7, 11) is 4.12. The zero-order valence-electron chi connectivity index (χ0n) is 7.91. The van der Waals surface area contributed by atoms with Crippen LogP contribution in [0.5, 0.6) is 0 Å². The molecule has 0 saturated carbocycles. The lowest BCUT2D eigenvalue weighted by Gasteiger charge is -2.09. The van der Waals surface area contributed by atoms with Crippen LogP contribution < -0.4 is 0 Å². The third-order valence-electron chi connectivity index (χ3n) is 2.02. The van der Waals surface area contributed by atoms with Crippen LogP contribution >= 0.6 is 0 Å². The zero-order chi connectivity index (χ0) is 9.26. The quantitative estimate of drug-likeness (QED) is 0.752. The van der Waals surface area contributed by atoms with Gasteiger partial charge in [-0.15, -0.1) is 0 Å². The number of para-hydroxylation sites is 1. The average Bonchev–Trinajstić information content (AvgIpc) is 2.51. The van der Waals surface area contributed by atoms with Crippen molar-refractivity contribution in [3.05, 3.63) is 30.1 Å². The summed E-state index contributed by atoms with van der Waals surface area (Å²) in [6, 6.07) is 6.21. The van der Waals surface area contributed by atoms with Crippen molar-refractivity contribution in [3.8, 4) is 0 Å². The summed E-state index contributed by atoms with van der Waals surface area (Å²) in [5.41, 5.74) is 3.46. The van der Waals surface area contributed by atoms with Gasteiger partial charge in [-0.3, -0.25) is 0 Å². The van der Waals surface area contributed by atoms with E-state index in [0.717, 1.165) is 17.6 Å². The first-order valence-electron chi connectivity index (χ1n) is 4.33. The molecule has 68 valence electrons. The highest BCUT2D eigenvalue weighted by Crippen LogP contribution is 2.15. The normalized spacial score (nSPS) is 11.3. The van der Waals surface area contributed by atoms with E-state index in [-0.39, 0.29) is 0 Å². The number of imidazole rings is 1. The van der Waals surface area contributed by atoms with E-state index in [9.17, 15) is 0 Å². The highest BCUT2D eigenvalue weighted by atomic mass is 15.1. The summed E-state index contributed by atoms with van der Waals surface area (Å²) < 4.78 is 0. The molecule has 0 atom stereocenters. The van der Waals surface area contributed by atoms with Crippen LogP contribution in [0.1, 0.15) is 5.56 Å². The molecule has 0 aliphatic carbocycles. The first-order chi connectivity index (χ1) is 6.27. The predicted molar refractivity (Wildman–Crippen MR) is 53.5 cm³/mol. The Bertz CT molecular complexity index is 403. The number of hydrogen-bond acceptors (Lipinski definition) is 2. The number of aromatic amines is 1. The molecule has 2 aromatic rings. The van der Waals surface area contributed by atoms with Crippen molar-refractivity contribution >= 4 is 11.0 Å². The lowest BCUT2D eigenvalue weighted by Crippen LogP contribution is -2.10. The maximum Gasteiger partial charge on any atom is 0.0932 e. The second-order valence-corrected chi connectivity index (χ2v) is 3.45. The fraction of sp³-hybridized carbons (Fsp3) is 0.300. The zero-order valence-corrected chi connectivity index (χ0v) is 7.91. The number of hydrogen-bond donors (Lipinski definition) is 1. The number of rotatable bonds is 2. The van der Waals surface area contributed by atoms with Crippen LogP contribution in [-0.4, -0.2) is 29.0 Å². The van der Waals surface area contributed by atoms with E-state index in [4.69, 9.17) is 0 Å². The number of nitrogens with one attached hydrogen (secondary N) is 1. The van der Waals surface area contributed by atoms with Crippen LogP contribution in [-0.2, 0) is 6.54 Å². The van der Waals surface area contributed by atoms with Crippen molar-refractivity contribution in [2.24, 2.45) is 0 Å². The molecule has 3 nitrogen and oxygen atoms in total. The number of H-pyrrole nitrogens is 1. The van der Waals surface area contributed by atoms with Gasteiger partial charge in [-0.1, -0.05) is 12.1 Å². The van der Waals surface area contributed by atoms with Gasteiger partial charge in [0.1, 0.15) is 0 Å². The van der Waals surface area contributed by atoms with Crippen molar-refractivity contribution in [2.75, 3.05) is 14.1 Å². The minimum absolute atomic E-state index is 0.933. The molecule has 0 bridgehead atoms. The molecule has 1 N–H and O–H groups in total. The fourth-order valence-electron chi connectivity index (χ4n) is 1.49. The molecule has 0 fully saturated rings. The second-order valence-electron chi connectivity index (χ2n) is 3.45. The molecular formula is C10H13N3. The Morgan fingerprint density at radius 1 is 1.38 bits per heavy atom. The smallest absolute Gasteiger partial charge is 0.0932 e. The second kappa shape index (κ2) is 3.18. The van der Waals surface area contributed by atoms with Gasteiger partial charge >= 0.3 is 0 Å². The van der Waals surface area contributed by atoms with E-state index in [1.165, 1.54) is 5.56 Å². The molecule has 13 heavy (non-hydrogen) atoms. The number of aromatic nitrogens is 2. The molecule has 0 aliphatic heterocycles. The van der Waals surface area contributed by atoms with E-state index in [2.05, 4.69) is 41.1 Å². The first kappa shape index (κ1) is 8.26. The van der Waals surface area contributed by atoms with E-state index in [0.29, 0.717) is 0 Å². The Kier molecular flexibility index (Phi) is 2.02. The molecule has 0 radical (unpaired) electrons. The van der Waals surface area contributed by atoms with Gasteiger partial charge in [-0.2, -0.15) is 0 Å².